The lowest BCUT2D eigenvalue weighted by molar-refractivity contribution is -0.205. The SMILES string of the molecule is OCC1OC(Sc2nc3ccccc3n2CCOc2ccc(Cl)cc2)C(O)C(O)C1O. The number of nitrogens with zero attached hydrogens (tertiary/aromatic N) is 2. The molecule has 1 aromatic heterocycles. The van der Waals surface area contributed by atoms with Crippen molar-refractivity contribution in [2.75, 3.05) is 13.2 Å². The van der Waals surface area contributed by atoms with E-state index in [1.54, 1.807) is 24.3 Å². The van der Waals surface area contributed by atoms with Gasteiger partial charge < -0.3 is 34.5 Å². The standard InChI is InChI=1S/C21H23ClN2O6S/c22-12-5-7-13(8-6-12)29-10-9-24-15-4-2-1-3-14(15)23-21(24)31-20-19(28)18(27)17(26)16(11-25)30-20/h1-8,16-20,25-28H,9-11H2. The zero-order chi connectivity index (χ0) is 22.0. The minimum absolute atomic E-state index is 0.365. The maximum Gasteiger partial charge on any atom is 0.171 e. The summed E-state index contributed by atoms with van der Waals surface area (Å²) in [5.74, 6) is 0.692. The van der Waals surface area contributed by atoms with Gasteiger partial charge in [0, 0.05) is 5.02 Å². The molecule has 0 amide bonds. The average molecular weight is 467 g/mol. The second-order valence-corrected chi connectivity index (χ2v) is 8.65. The number of hydrogen-bond donors (Lipinski definition) is 4. The number of aromatic nitrogens is 2. The molecule has 5 atom stereocenters. The van der Waals surface area contributed by atoms with E-state index in [1.807, 2.05) is 28.8 Å². The van der Waals surface area contributed by atoms with Crippen LogP contribution in [0.25, 0.3) is 11.0 Å². The van der Waals surface area contributed by atoms with Gasteiger partial charge in [0.25, 0.3) is 0 Å². The van der Waals surface area contributed by atoms with Gasteiger partial charge in [-0.25, -0.2) is 4.98 Å². The molecule has 1 aliphatic heterocycles. The van der Waals surface area contributed by atoms with Crippen molar-refractivity contribution >= 4 is 34.4 Å². The number of thioether (sulfide) groups is 1. The highest BCUT2D eigenvalue weighted by molar-refractivity contribution is 7.99. The maximum atomic E-state index is 10.4. The van der Waals surface area contributed by atoms with Gasteiger partial charge in [0.05, 0.1) is 24.2 Å². The van der Waals surface area contributed by atoms with Crippen molar-refractivity contribution in [3.05, 3.63) is 53.6 Å². The van der Waals surface area contributed by atoms with E-state index in [1.165, 1.54) is 0 Å². The number of ether oxygens (including phenoxy) is 2. The van der Waals surface area contributed by atoms with E-state index < -0.39 is 36.5 Å². The first-order valence-electron chi connectivity index (χ1n) is 9.78. The van der Waals surface area contributed by atoms with Gasteiger partial charge in [-0.1, -0.05) is 35.5 Å². The second kappa shape index (κ2) is 9.74. The summed E-state index contributed by atoms with van der Waals surface area (Å²) in [6.07, 6.45) is -5.15. The van der Waals surface area contributed by atoms with Gasteiger partial charge in [-0.3, -0.25) is 0 Å². The predicted octanol–water partition coefficient (Wildman–Crippen LogP) is 1.66. The van der Waals surface area contributed by atoms with E-state index in [2.05, 4.69) is 4.98 Å². The molecule has 0 spiro atoms. The van der Waals surface area contributed by atoms with E-state index in [0.717, 1.165) is 22.8 Å². The number of hydrogen-bond acceptors (Lipinski definition) is 8. The van der Waals surface area contributed by atoms with Crippen molar-refractivity contribution in [1.82, 2.24) is 9.55 Å². The van der Waals surface area contributed by atoms with Crippen LogP contribution < -0.4 is 4.74 Å². The highest BCUT2D eigenvalue weighted by Crippen LogP contribution is 2.34. The van der Waals surface area contributed by atoms with Crippen LogP contribution in [0.3, 0.4) is 0 Å². The minimum atomic E-state index is -1.44. The zero-order valence-corrected chi connectivity index (χ0v) is 18.0. The molecule has 5 unspecified atom stereocenters. The van der Waals surface area contributed by atoms with Gasteiger partial charge in [-0.2, -0.15) is 0 Å². The first kappa shape index (κ1) is 22.3. The molecule has 10 heteroatoms. The molecular weight excluding hydrogens is 444 g/mol. The molecule has 8 nitrogen and oxygen atoms in total. The quantitative estimate of drug-likeness (QED) is 0.415. The Labute approximate surface area is 188 Å². The summed E-state index contributed by atoms with van der Waals surface area (Å²) in [5.41, 5.74) is 0.735. The van der Waals surface area contributed by atoms with Gasteiger partial charge >= 0.3 is 0 Å². The van der Waals surface area contributed by atoms with Crippen LogP contribution in [-0.4, -0.2) is 73.0 Å². The van der Waals surface area contributed by atoms with E-state index in [-0.39, 0.29) is 0 Å². The fraction of sp³-hybridized carbons (Fsp3) is 0.381. The first-order chi connectivity index (χ1) is 15.0. The molecule has 2 aromatic carbocycles. The number of para-hydroxylation sites is 2. The van der Waals surface area contributed by atoms with E-state index >= 15 is 0 Å². The molecule has 31 heavy (non-hydrogen) atoms. The Morgan fingerprint density at radius 1 is 1.03 bits per heavy atom. The summed E-state index contributed by atoms with van der Waals surface area (Å²) in [6.45, 7) is 0.362. The molecule has 0 aliphatic carbocycles. The third-order valence-corrected chi connectivity index (χ3v) is 6.48. The molecule has 4 N–H and O–H groups in total. The third-order valence-electron chi connectivity index (χ3n) is 5.09. The molecule has 1 fully saturated rings. The summed E-state index contributed by atoms with van der Waals surface area (Å²) in [4.78, 5) is 4.63. The van der Waals surface area contributed by atoms with Gasteiger partial charge in [0.2, 0.25) is 0 Å². The fourth-order valence-electron chi connectivity index (χ4n) is 3.41. The van der Waals surface area contributed by atoms with Crippen molar-refractivity contribution in [1.29, 1.82) is 0 Å². The number of aliphatic hydroxyl groups excluding tert-OH is 4. The third kappa shape index (κ3) is 4.83. The Bertz CT molecular complexity index is 1010. The summed E-state index contributed by atoms with van der Waals surface area (Å²) in [6, 6.07) is 14.7. The van der Waals surface area contributed by atoms with Gasteiger partial charge in [0.15, 0.2) is 5.16 Å². The Kier molecular flexibility index (Phi) is 7.02. The lowest BCUT2D eigenvalue weighted by Crippen LogP contribution is -2.57. The van der Waals surface area contributed by atoms with Crippen LogP contribution in [0.2, 0.25) is 5.02 Å². The molecule has 1 saturated heterocycles. The Morgan fingerprint density at radius 3 is 2.52 bits per heavy atom. The number of imidazole rings is 1. The highest BCUT2D eigenvalue weighted by Gasteiger charge is 2.44. The van der Waals surface area contributed by atoms with Crippen molar-refractivity contribution in [2.24, 2.45) is 0 Å². The lowest BCUT2D eigenvalue weighted by Gasteiger charge is -2.39. The van der Waals surface area contributed by atoms with Crippen molar-refractivity contribution in [3.8, 4) is 5.75 Å². The van der Waals surface area contributed by atoms with Crippen molar-refractivity contribution < 1.29 is 29.9 Å². The number of fused-ring (bicyclic) bond motifs is 1. The first-order valence-corrected chi connectivity index (χ1v) is 11.0. The molecule has 0 bridgehead atoms. The van der Waals surface area contributed by atoms with Crippen molar-refractivity contribution in [3.63, 3.8) is 0 Å². The monoisotopic (exact) mass is 466 g/mol. The average Bonchev–Trinajstić information content (AvgIpc) is 3.12. The van der Waals surface area contributed by atoms with Gasteiger partial charge in [-0.05, 0) is 36.4 Å². The maximum absolute atomic E-state index is 10.4. The molecule has 0 saturated carbocycles. The van der Waals surface area contributed by atoms with Crippen LogP contribution in [0.4, 0.5) is 0 Å². The summed E-state index contributed by atoms with van der Waals surface area (Å²) in [5, 5.41) is 41.1. The van der Waals surface area contributed by atoms with E-state index in [0.29, 0.717) is 29.1 Å². The number of halogens is 1. The molecule has 0 radical (unpaired) electrons. The molecule has 2 heterocycles. The van der Waals surface area contributed by atoms with Crippen LogP contribution >= 0.6 is 23.4 Å². The van der Waals surface area contributed by atoms with E-state index in [4.69, 9.17) is 21.1 Å². The zero-order valence-electron chi connectivity index (χ0n) is 16.4. The lowest BCUT2D eigenvalue weighted by atomic mass is 10.0. The number of benzene rings is 2. The number of aliphatic hydroxyl groups is 4. The molecular formula is C21H23ClN2O6S. The predicted molar refractivity (Wildman–Crippen MR) is 116 cm³/mol. The fourth-order valence-corrected chi connectivity index (χ4v) is 4.71. The normalized spacial score (nSPS) is 26.3. The van der Waals surface area contributed by atoms with Crippen LogP contribution in [0.5, 0.6) is 5.75 Å². The van der Waals surface area contributed by atoms with Crippen LogP contribution in [0.15, 0.2) is 53.7 Å². The van der Waals surface area contributed by atoms with Gasteiger partial charge in [0.1, 0.15) is 42.2 Å². The van der Waals surface area contributed by atoms with E-state index in [9.17, 15) is 20.4 Å². The molecule has 1 aliphatic rings. The van der Waals surface area contributed by atoms with Crippen LogP contribution in [-0.2, 0) is 11.3 Å². The van der Waals surface area contributed by atoms with Crippen molar-refractivity contribution in [2.45, 2.75) is 41.6 Å². The molecule has 3 aromatic rings. The molecule has 166 valence electrons. The highest BCUT2D eigenvalue weighted by atomic mass is 35.5. The Morgan fingerprint density at radius 2 is 1.77 bits per heavy atom. The smallest absolute Gasteiger partial charge is 0.171 e. The Balaban J connectivity index is 1.54. The minimum Gasteiger partial charge on any atom is -0.492 e. The summed E-state index contributed by atoms with van der Waals surface area (Å²) < 4.78 is 13.4. The van der Waals surface area contributed by atoms with Crippen LogP contribution in [0.1, 0.15) is 0 Å². The summed E-state index contributed by atoms with van der Waals surface area (Å²) >= 11 is 7.03. The second-order valence-electron chi connectivity index (χ2n) is 7.15. The van der Waals surface area contributed by atoms with Crippen LogP contribution in [0, 0.1) is 0 Å². The summed E-state index contributed by atoms with van der Waals surface area (Å²) in [7, 11) is 0. The number of rotatable bonds is 7. The largest absolute Gasteiger partial charge is 0.492 e. The molecule has 4 rings (SSSR count). The Hall–Kier alpha value is -1.85. The van der Waals surface area contributed by atoms with Gasteiger partial charge in [-0.15, -0.1) is 0 Å². The topological polar surface area (TPSA) is 117 Å².